The van der Waals surface area contributed by atoms with E-state index < -0.39 is 6.09 Å². The number of Topliss-reactive ketones (excluding diaryl/α,β-unsaturated/α-hetero) is 1. The maximum Gasteiger partial charge on any atom is 0.407 e. The van der Waals surface area contributed by atoms with E-state index in [1.165, 1.54) is 0 Å². The number of hydrogen-bond donors (Lipinski definition) is 2. The Morgan fingerprint density at radius 3 is 2.94 bits per heavy atom. The highest BCUT2D eigenvalue weighted by Crippen LogP contribution is 1.99. The highest BCUT2D eigenvalue weighted by atomic mass is 31.1. The summed E-state index contributed by atoms with van der Waals surface area (Å²) in [5, 5.41) is 9.15. The zero-order valence-corrected chi connectivity index (χ0v) is 11.0. The Hall–Kier alpha value is -0.730. The average Bonchev–Trinajstić information content (AvgIpc) is 2.32. The first-order valence-corrected chi connectivity index (χ1v) is 6.87. The Bertz CT molecular complexity index is 292. The lowest BCUT2D eigenvalue weighted by Crippen LogP contribution is -2.30. The molecule has 0 atom stereocenters. The Labute approximate surface area is 105 Å². The summed E-state index contributed by atoms with van der Waals surface area (Å²) in [6.45, 7) is 1.84. The van der Waals surface area contributed by atoms with Crippen LogP contribution < -0.4 is 5.32 Å². The van der Waals surface area contributed by atoms with Crippen LogP contribution in [0.2, 0.25) is 6.32 Å². The molecule has 0 saturated heterocycles. The van der Waals surface area contributed by atoms with Gasteiger partial charge >= 0.3 is 6.09 Å². The molecule has 0 aliphatic rings. The smallest absolute Gasteiger partial charge is 0.407 e. The molecule has 0 heterocycles. The van der Waals surface area contributed by atoms with Crippen LogP contribution in [0.5, 0.6) is 0 Å². The zero-order valence-electron chi connectivity index (χ0n) is 9.26. The number of carbonyl (C=O) groups is 2. The van der Waals surface area contributed by atoms with Crippen molar-refractivity contribution in [1.82, 2.24) is 5.32 Å². The number of ether oxygens (including phenoxy) is 1. The lowest BCUT2D eigenvalue weighted by Gasteiger charge is -2.04. The molecule has 10 heteroatoms. The minimum atomic E-state index is -0.616. The summed E-state index contributed by atoms with van der Waals surface area (Å²) in [5.74, 6) is -0.0886. The van der Waals surface area contributed by atoms with Gasteiger partial charge in [0.15, 0.2) is 5.78 Å². The highest BCUT2D eigenvalue weighted by Gasteiger charge is 2.05. The minimum Gasteiger partial charge on any atom is -0.450 e. The SMILES string of the molecule is [B]N=PCCC(=O)CNC(=O)OCC[B]P=N. The third-order valence-electron chi connectivity index (χ3n) is 1.57. The molecule has 2 N–H and O–H groups in total. The zero-order chi connectivity index (χ0) is 12.9. The quantitative estimate of drug-likeness (QED) is 0.379. The van der Waals surface area contributed by atoms with Crippen molar-refractivity contribution in [3.8, 4) is 0 Å². The monoisotopic (exact) mass is 270 g/mol. The molecular formula is C7H12B2N3O3P2. The van der Waals surface area contributed by atoms with Crippen molar-refractivity contribution in [3.05, 3.63) is 0 Å². The van der Waals surface area contributed by atoms with Gasteiger partial charge in [-0.1, -0.05) is 8.25 Å². The summed E-state index contributed by atoms with van der Waals surface area (Å²) >= 11 is 0. The molecule has 1 amide bonds. The van der Waals surface area contributed by atoms with Crippen molar-refractivity contribution in [2.45, 2.75) is 12.7 Å². The van der Waals surface area contributed by atoms with E-state index in [9.17, 15) is 9.59 Å². The van der Waals surface area contributed by atoms with Crippen LogP contribution in [0.25, 0.3) is 0 Å². The number of nitrogens with zero attached hydrogens (tertiary/aromatic N) is 1. The Morgan fingerprint density at radius 1 is 1.53 bits per heavy atom. The maximum absolute atomic E-state index is 11.2. The lowest BCUT2D eigenvalue weighted by molar-refractivity contribution is -0.117. The summed E-state index contributed by atoms with van der Waals surface area (Å²) in [5.41, 5.74) is 0. The van der Waals surface area contributed by atoms with Crippen LogP contribution in [0.3, 0.4) is 0 Å². The third-order valence-corrected chi connectivity index (χ3v) is 2.60. The van der Waals surface area contributed by atoms with Crippen LogP contribution >= 0.6 is 16.6 Å². The molecule has 0 rings (SSSR count). The van der Waals surface area contributed by atoms with E-state index in [-0.39, 0.29) is 18.9 Å². The summed E-state index contributed by atoms with van der Waals surface area (Å²) < 4.78 is 8.11. The van der Waals surface area contributed by atoms with E-state index in [0.29, 0.717) is 35.5 Å². The number of alkyl carbamates (subject to hydrolysis) is 1. The first-order valence-electron chi connectivity index (χ1n) is 4.88. The maximum atomic E-state index is 11.2. The molecule has 3 radical (unpaired) electrons. The van der Waals surface area contributed by atoms with E-state index in [1.54, 1.807) is 7.00 Å². The largest absolute Gasteiger partial charge is 0.450 e. The molecular weight excluding hydrogens is 258 g/mol. The van der Waals surface area contributed by atoms with Gasteiger partial charge in [0.2, 0.25) is 7.00 Å². The van der Waals surface area contributed by atoms with Gasteiger partial charge in [0.1, 0.15) is 0 Å². The van der Waals surface area contributed by atoms with Gasteiger partial charge in [-0.2, -0.15) is 0 Å². The van der Waals surface area contributed by atoms with Gasteiger partial charge in [0.05, 0.1) is 13.2 Å². The van der Waals surface area contributed by atoms with Crippen LogP contribution in [0.4, 0.5) is 4.79 Å². The molecule has 0 aliphatic heterocycles. The van der Waals surface area contributed by atoms with E-state index in [2.05, 4.69) is 9.97 Å². The van der Waals surface area contributed by atoms with Gasteiger partial charge < -0.3 is 14.7 Å². The van der Waals surface area contributed by atoms with Gasteiger partial charge in [0.25, 0.3) is 7.98 Å². The number of carbonyl (C=O) groups excluding carboxylic acids is 2. The molecule has 0 saturated carbocycles. The fourth-order valence-corrected chi connectivity index (χ4v) is 1.51. The first-order chi connectivity index (χ1) is 8.20. The van der Waals surface area contributed by atoms with Crippen LogP contribution in [0.15, 0.2) is 4.66 Å². The van der Waals surface area contributed by atoms with E-state index in [0.717, 1.165) is 0 Å². The van der Waals surface area contributed by atoms with Gasteiger partial charge in [-0.15, -0.1) is 0 Å². The predicted octanol–water partition coefficient (Wildman–Crippen LogP) is 1.63. The van der Waals surface area contributed by atoms with Crippen LogP contribution in [-0.4, -0.2) is 46.2 Å². The number of hydrogen-bond acceptors (Lipinski definition) is 5. The Kier molecular flexibility index (Phi) is 11.2. The fraction of sp³-hybridized carbons (Fsp3) is 0.714. The summed E-state index contributed by atoms with van der Waals surface area (Å²) in [6.07, 6.45) is 0.801. The molecule has 0 aliphatic carbocycles. The summed E-state index contributed by atoms with van der Waals surface area (Å²) in [6, 6.07) is 0. The molecule has 0 bridgehead atoms. The lowest BCUT2D eigenvalue weighted by atomic mass is 10.0. The van der Waals surface area contributed by atoms with Crippen molar-refractivity contribution in [1.29, 1.82) is 5.16 Å². The highest BCUT2D eigenvalue weighted by molar-refractivity contribution is 7.61. The van der Waals surface area contributed by atoms with Crippen LogP contribution in [0.1, 0.15) is 6.42 Å². The van der Waals surface area contributed by atoms with Crippen molar-refractivity contribution in [3.63, 3.8) is 0 Å². The second-order valence-corrected chi connectivity index (χ2v) is 4.44. The van der Waals surface area contributed by atoms with Gasteiger partial charge in [-0.05, 0) is 14.7 Å². The number of nitrogens with one attached hydrogen (secondary N) is 2. The fourth-order valence-electron chi connectivity index (χ4n) is 0.811. The molecule has 6 nitrogen and oxygen atoms in total. The van der Waals surface area contributed by atoms with Crippen molar-refractivity contribution in [2.75, 3.05) is 19.3 Å². The summed E-state index contributed by atoms with van der Waals surface area (Å²) in [7, 11) is 5.98. The van der Waals surface area contributed by atoms with E-state index in [1.807, 2.05) is 0 Å². The standard InChI is InChI=1S/C7H12B2N3O3P2/c8-12-16-4-1-6(13)5-11-7(14)15-3-2-9-17-10/h10H,1-5H2,(H,11,14). The number of rotatable bonds is 9. The second-order valence-electron chi connectivity index (χ2n) is 2.86. The third kappa shape index (κ3) is 11.5. The molecule has 89 valence electrons. The minimum absolute atomic E-state index is 0.0423. The molecule has 0 aromatic carbocycles. The van der Waals surface area contributed by atoms with Gasteiger partial charge in [-0.3, -0.25) is 9.96 Å². The molecule has 0 spiro atoms. The van der Waals surface area contributed by atoms with Crippen molar-refractivity contribution >= 4 is 43.5 Å². The Balaban J connectivity index is 3.48. The summed E-state index contributed by atoms with van der Waals surface area (Å²) in [4.78, 5) is 22.3. The number of ketones is 1. The second kappa shape index (κ2) is 11.7. The van der Waals surface area contributed by atoms with Gasteiger partial charge in [-0.25, -0.2) is 4.79 Å². The van der Waals surface area contributed by atoms with Gasteiger partial charge in [0, 0.05) is 12.6 Å². The van der Waals surface area contributed by atoms with Crippen molar-refractivity contribution in [2.24, 2.45) is 4.66 Å². The first kappa shape index (κ1) is 16.3. The molecule has 0 unspecified atom stereocenters. The van der Waals surface area contributed by atoms with Crippen LogP contribution in [0, 0.1) is 5.16 Å². The number of amides is 1. The normalized spacial score (nSPS) is 10.4. The van der Waals surface area contributed by atoms with E-state index >= 15 is 0 Å². The topological polar surface area (TPSA) is 91.6 Å². The molecule has 0 aromatic heterocycles. The molecule has 0 aromatic rings. The van der Waals surface area contributed by atoms with Crippen LogP contribution in [-0.2, 0) is 9.53 Å². The van der Waals surface area contributed by atoms with E-state index in [4.69, 9.17) is 17.9 Å². The molecule has 17 heavy (non-hydrogen) atoms. The Morgan fingerprint density at radius 2 is 2.29 bits per heavy atom. The molecule has 0 fully saturated rings. The van der Waals surface area contributed by atoms with Crippen molar-refractivity contribution < 1.29 is 14.3 Å². The predicted molar refractivity (Wildman–Crippen MR) is 69.1 cm³/mol. The average molecular weight is 270 g/mol.